The van der Waals surface area contributed by atoms with Gasteiger partial charge < -0.3 is 15.4 Å². The molecule has 3 rings (SSSR count). The fraction of sp³-hybridized carbons (Fsp3) is 0.409. The summed E-state index contributed by atoms with van der Waals surface area (Å²) in [5.41, 5.74) is 6.89. The minimum atomic E-state index is 0.365. The Balaban J connectivity index is 0.000000209. The van der Waals surface area contributed by atoms with Crippen molar-refractivity contribution < 1.29 is 9.53 Å². The lowest BCUT2D eigenvalue weighted by molar-refractivity contribution is -0.129. The molecular formula is C22H30N2O2. The lowest BCUT2D eigenvalue weighted by Crippen LogP contribution is -2.34. The van der Waals surface area contributed by atoms with E-state index in [1.807, 2.05) is 30.3 Å². The van der Waals surface area contributed by atoms with Crippen LogP contribution in [-0.4, -0.2) is 19.6 Å². The third-order valence-corrected chi connectivity index (χ3v) is 4.36. The van der Waals surface area contributed by atoms with Crippen LogP contribution in [0.5, 0.6) is 0 Å². The minimum absolute atomic E-state index is 0.365. The van der Waals surface area contributed by atoms with Gasteiger partial charge in [0.1, 0.15) is 6.61 Å². The maximum absolute atomic E-state index is 9.76. The Labute approximate surface area is 157 Å². The van der Waals surface area contributed by atoms with E-state index < -0.39 is 0 Å². The Morgan fingerprint density at radius 2 is 1.88 bits per heavy atom. The Bertz CT molecular complexity index is 660. The van der Waals surface area contributed by atoms with E-state index in [1.54, 1.807) is 0 Å². The average molecular weight is 354 g/mol. The molecular weight excluding hydrogens is 324 g/mol. The molecule has 2 N–H and O–H groups in total. The maximum atomic E-state index is 9.76. The quantitative estimate of drug-likeness (QED) is 0.778. The van der Waals surface area contributed by atoms with Crippen LogP contribution >= 0.6 is 0 Å². The summed E-state index contributed by atoms with van der Waals surface area (Å²) in [5, 5.41) is 7.07. The minimum Gasteiger partial charge on any atom is -0.463 e. The molecule has 2 aliphatic rings. The molecule has 0 amide bonds. The van der Waals surface area contributed by atoms with E-state index in [1.165, 1.54) is 22.5 Å². The van der Waals surface area contributed by atoms with E-state index in [4.69, 9.17) is 0 Å². The Morgan fingerprint density at radius 1 is 1.12 bits per heavy atom. The van der Waals surface area contributed by atoms with Crippen molar-refractivity contribution in [2.45, 2.75) is 46.1 Å². The Hall–Kier alpha value is -2.33. The van der Waals surface area contributed by atoms with Gasteiger partial charge in [0, 0.05) is 37.3 Å². The van der Waals surface area contributed by atoms with Gasteiger partial charge in [0.15, 0.2) is 0 Å². The van der Waals surface area contributed by atoms with Gasteiger partial charge in [-0.1, -0.05) is 56.3 Å². The van der Waals surface area contributed by atoms with E-state index >= 15 is 0 Å². The summed E-state index contributed by atoms with van der Waals surface area (Å²) < 4.78 is 4.54. The van der Waals surface area contributed by atoms with Gasteiger partial charge in [-0.3, -0.25) is 4.79 Å². The number of nitrogens with one attached hydrogen (secondary N) is 2. The van der Waals surface area contributed by atoms with Gasteiger partial charge in [-0.15, -0.1) is 0 Å². The van der Waals surface area contributed by atoms with Crippen molar-refractivity contribution in [2.75, 3.05) is 13.1 Å². The third-order valence-electron chi connectivity index (χ3n) is 4.36. The number of carbonyl (C=O) groups is 1. The Kier molecular flexibility index (Phi) is 8.70. The van der Waals surface area contributed by atoms with E-state index in [0.717, 1.165) is 44.3 Å². The van der Waals surface area contributed by atoms with Gasteiger partial charge in [-0.2, -0.15) is 0 Å². The second-order valence-electron chi connectivity index (χ2n) is 6.35. The molecule has 1 aromatic carbocycles. The van der Waals surface area contributed by atoms with Gasteiger partial charge in [-0.25, -0.2) is 0 Å². The van der Waals surface area contributed by atoms with E-state index in [9.17, 15) is 4.79 Å². The maximum Gasteiger partial charge on any atom is 0.293 e. The molecule has 0 bridgehead atoms. The van der Waals surface area contributed by atoms with Gasteiger partial charge in [0.25, 0.3) is 6.47 Å². The zero-order valence-electron chi connectivity index (χ0n) is 15.9. The SMILES string of the molecule is CC/C=C1\C/C(=C\CC)C2=C(CCNC2)N1.O=COCc1ccccc1. The molecule has 0 fully saturated rings. The van der Waals surface area contributed by atoms with Gasteiger partial charge in [0.2, 0.25) is 0 Å². The lowest BCUT2D eigenvalue weighted by atomic mass is 9.91. The van der Waals surface area contributed by atoms with Crippen LogP contribution in [-0.2, 0) is 16.1 Å². The molecule has 0 radical (unpaired) electrons. The first-order valence-corrected chi connectivity index (χ1v) is 9.45. The summed E-state index contributed by atoms with van der Waals surface area (Å²) in [6, 6.07) is 9.55. The second kappa shape index (κ2) is 11.3. The molecule has 2 heterocycles. The number of hydrogen-bond acceptors (Lipinski definition) is 4. The number of benzene rings is 1. The topological polar surface area (TPSA) is 50.4 Å². The molecule has 0 spiro atoms. The van der Waals surface area contributed by atoms with E-state index in [-0.39, 0.29) is 0 Å². The van der Waals surface area contributed by atoms with Crippen molar-refractivity contribution in [1.29, 1.82) is 0 Å². The van der Waals surface area contributed by atoms with Crippen LogP contribution in [0.1, 0.15) is 45.1 Å². The molecule has 0 saturated heterocycles. The molecule has 140 valence electrons. The van der Waals surface area contributed by atoms with Crippen LogP contribution < -0.4 is 10.6 Å². The number of ether oxygens (including phenoxy) is 1. The molecule has 0 aromatic heterocycles. The normalized spacial score (nSPS) is 19.3. The smallest absolute Gasteiger partial charge is 0.293 e. The van der Waals surface area contributed by atoms with Crippen molar-refractivity contribution in [3.8, 4) is 0 Å². The fourth-order valence-electron chi connectivity index (χ4n) is 3.20. The molecule has 0 unspecified atom stereocenters. The molecule has 1 aromatic rings. The molecule has 0 saturated carbocycles. The highest BCUT2D eigenvalue weighted by Crippen LogP contribution is 2.29. The summed E-state index contributed by atoms with van der Waals surface area (Å²) in [5.74, 6) is 0. The Morgan fingerprint density at radius 3 is 2.58 bits per heavy atom. The number of rotatable bonds is 5. The molecule has 26 heavy (non-hydrogen) atoms. The highest BCUT2D eigenvalue weighted by molar-refractivity contribution is 5.44. The van der Waals surface area contributed by atoms with E-state index in [2.05, 4.69) is 41.4 Å². The highest BCUT2D eigenvalue weighted by Gasteiger charge is 2.21. The number of hydrogen-bond donors (Lipinski definition) is 2. The van der Waals surface area contributed by atoms with Crippen molar-refractivity contribution in [3.05, 3.63) is 70.6 Å². The summed E-state index contributed by atoms with van der Waals surface area (Å²) in [4.78, 5) is 9.76. The fourth-order valence-corrected chi connectivity index (χ4v) is 3.20. The summed E-state index contributed by atoms with van der Waals surface area (Å²) in [6.45, 7) is 7.37. The summed E-state index contributed by atoms with van der Waals surface area (Å²) >= 11 is 0. The zero-order valence-corrected chi connectivity index (χ0v) is 15.9. The molecule has 4 heteroatoms. The monoisotopic (exact) mass is 354 g/mol. The third kappa shape index (κ3) is 6.19. The standard InChI is InChI=1S/C14H22N2.C8H8O2/c1-3-5-11-9-12(6-4-2)16-14-7-8-15-10-13(11)14;9-7-10-6-8-4-2-1-3-5-8/h5-6,15-16H,3-4,7-10H2,1-2H3;1-5,7H,6H2/b11-5+,12-6+;. The van der Waals surface area contributed by atoms with Crippen molar-refractivity contribution in [1.82, 2.24) is 10.6 Å². The van der Waals surface area contributed by atoms with Crippen molar-refractivity contribution >= 4 is 6.47 Å². The number of carbonyl (C=O) groups excluding carboxylic acids is 1. The number of allylic oxidation sites excluding steroid dienone is 3. The molecule has 0 aliphatic carbocycles. The predicted octanol–water partition coefficient (Wildman–Crippen LogP) is 4.22. The predicted molar refractivity (Wildman–Crippen MR) is 106 cm³/mol. The second-order valence-corrected chi connectivity index (χ2v) is 6.35. The van der Waals surface area contributed by atoms with Crippen molar-refractivity contribution in [3.63, 3.8) is 0 Å². The van der Waals surface area contributed by atoms with Crippen LogP contribution in [0.4, 0.5) is 0 Å². The summed E-state index contributed by atoms with van der Waals surface area (Å²) in [7, 11) is 0. The lowest BCUT2D eigenvalue weighted by Gasteiger charge is -2.31. The van der Waals surface area contributed by atoms with Gasteiger partial charge >= 0.3 is 0 Å². The zero-order chi connectivity index (χ0) is 18.6. The first-order valence-electron chi connectivity index (χ1n) is 9.45. The van der Waals surface area contributed by atoms with Crippen LogP contribution in [0.2, 0.25) is 0 Å². The highest BCUT2D eigenvalue weighted by atomic mass is 16.5. The van der Waals surface area contributed by atoms with Crippen LogP contribution in [0.25, 0.3) is 0 Å². The first-order chi connectivity index (χ1) is 12.8. The molecule has 2 aliphatic heterocycles. The molecule has 0 atom stereocenters. The molecule has 4 nitrogen and oxygen atoms in total. The van der Waals surface area contributed by atoms with E-state index in [0.29, 0.717) is 13.1 Å². The average Bonchev–Trinajstić information content (AvgIpc) is 2.68. The van der Waals surface area contributed by atoms with Crippen LogP contribution in [0.15, 0.2) is 65.0 Å². The van der Waals surface area contributed by atoms with Crippen LogP contribution in [0, 0.1) is 0 Å². The largest absolute Gasteiger partial charge is 0.463 e. The van der Waals surface area contributed by atoms with Crippen LogP contribution in [0.3, 0.4) is 0 Å². The van der Waals surface area contributed by atoms with Crippen molar-refractivity contribution in [2.24, 2.45) is 0 Å². The van der Waals surface area contributed by atoms with Gasteiger partial charge in [0.05, 0.1) is 0 Å². The first kappa shape index (κ1) is 20.0. The van der Waals surface area contributed by atoms with Gasteiger partial charge in [-0.05, 0) is 29.6 Å². The summed E-state index contributed by atoms with van der Waals surface area (Å²) in [6.07, 6.45) is 9.16.